The molecule has 0 fully saturated rings. The van der Waals surface area contributed by atoms with Crippen molar-refractivity contribution in [2.45, 2.75) is 6.92 Å². The minimum atomic E-state index is -0.137. The van der Waals surface area contributed by atoms with Crippen LogP contribution >= 0.6 is 27.5 Å². The topological polar surface area (TPSA) is 20.2 Å². The van der Waals surface area contributed by atoms with E-state index in [1.165, 1.54) is 0 Å². The fraction of sp³-hybridized carbons (Fsp3) is 1.00. The molecule has 0 aromatic carbocycles. The second-order valence-electron chi connectivity index (χ2n) is 2.24. The molecule has 0 heterocycles. The van der Waals surface area contributed by atoms with Gasteiger partial charge in [-0.25, -0.2) is 0 Å². The molecule has 0 aliphatic rings. The highest BCUT2D eigenvalue weighted by molar-refractivity contribution is 9.09. The highest BCUT2D eigenvalue weighted by Crippen LogP contribution is 2.19. The zero-order chi connectivity index (χ0) is 6.62. The summed E-state index contributed by atoms with van der Waals surface area (Å²) in [6.07, 6.45) is 0. The zero-order valence-electron chi connectivity index (χ0n) is 4.82. The molecular formula is C5H10BrClO. The Morgan fingerprint density at radius 1 is 1.75 bits per heavy atom. The lowest BCUT2D eigenvalue weighted by Crippen LogP contribution is -2.24. The van der Waals surface area contributed by atoms with Crippen LogP contribution < -0.4 is 0 Å². The van der Waals surface area contributed by atoms with Crippen molar-refractivity contribution in [1.82, 2.24) is 0 Å². The highest BCUT2D eigenvalue weighted by Gasteiger charge is 2.19. The monoisotopic (exact) mass is 200 g/mol. The van der Waals surface area contributed by atoms with E-state index in [2.05, 4.69) is 15.9 Å². The second-order valence-corrected chi connectivity index (χ2v) is 3.06. The maximum Gasteiger partial charge on any atom is 0.0504 e. The molecule has 0 aliphatic carbocycles. The van der Waals surface area contributed by atoms with Gasteiger partial charge in [-0.3, -0.25) is 0 Å². The van der Waals surface area contributed by atoms with Gasteiger partial charge < -0.3 is 5.11 Å². The molecule has 0 amide bonds. The number of hydrogen-bond donors (Lipinski definition) is 1. The maximum atomic E-state index is 8.67. The molecule has 1 nitrogen and oxygen atoms in total. The van der Waals surface area contributed by atoms with Crippen molar-refractivity contribution in [3.63, 3.8) is 0 Å². The number of aliphatic hydroxyl groups is 1. The lowest BCUT2D eigenvalue weighted by atomic mass is 9.98. The minimum absolute atomic E-state index is 0.137. The summed E-state index contributed by atoms with van der Waals surface area (Å²) in [7, 11) is 0. The van der Waals surface area contributed by atoms with Gasteiger partial charge in [0.15, 0.2) is 0 Å². The van der Waals surface area contributed by atoms with Gasteiger partial charge in [0, 0.05) is 16.6 Å². The number of aliphatic hydroxyl groups excluding tert-OH is 1. The third-order valence-corrected chi connectivity index (χ3v) is 3.03. The molecule has 3 heteroatoms. The molecular weight excluding hydrogens is 191 g/mol. The normalized spacial score (nSPS) is 18.0. The van der Waals surface area contributed by atoms with Gasteiger partial charge in [0.2, 0.25) is 0 Å². The molecule has 1 N–H and O–H groups in total. The van der Waals surface area contributed by atoms with Crippen molar-refractivity contribution in [3.8, 4) is 0 Å². The van der Waals surface area contributed by atoms with Crippen LogP contribution in [0.1, 0.15) is 6.92 Å². The summed E-state index contributed by atoms with van der Waals surface area (Å²) in [5.74, 6) is 0.495. The van der Waals surface area contributed by atoms with E-state index in [4.69, 9.17) is 16.7 Å². The van der Waals surface area contributed by atoms with Crippen molar-refractivity contribution in [1.29, 1.82) is 0 Å². The summed E-state index contributed by atoms with van der Waals surface area (Å²) in [5.41, 5.74) is -0.137. The van der Waals surface area contributed by atoms with Gasteiger partial charge >= 0.3 is 0 Å². The van der Waals surface area contributed by atoms with E-state index >= 15 is 0 Å². The van der Waals surface area contributed by atoms with E-state index in [1.807, 2.05) is 6.92 Å². The summed E-state index contributed by atoms with van der Waals surface area (Å²) < 4.78 is 0. The molecule has 0 unspecified atom stereocenters. The number of halogens is 2. The summed E-state index contributed by atoms with van der Waals surface area (Å²) >= 11 is 8.77. The Kier molecular flexibility index (Phi) is 4.04. The van der Waals surface area contributed by atoms with E-state index < -0.39 is 0 Å². The average Bonchev–Trinajstić information content (AvgIpc) is 1.87. The third kappa shape index (κ3) is 2.33. The molecule has 0 aromatic rings. The Labute approximate surface area is 63.2 Å². The molecule has 0 saturated carbocycles. The highest BCUT2D eigenvalue weighted by atomic mass is 79.9. The minimum Gasteiger partial charge on any atom is -0.396 e. The van der Waals surface area contributed by atoms with Crippen LogP contribution in [0.2, 0.25) is 0 Å². The predicted molar refractivity (Wildman–Crippen MR) is 39.7 cm³/mol. The summed E-state index contributed by atoms with van der Waals surface area (Å²) in [5, 5.41) is 9.42. The Morgan fingerprint density at radius 3 is 2.25 bits per heavy atom. The first kappa shape index (κ1) is 8.73. The van der Waals surface area contributed by atoms with Crippen LogP contribution in [-0.4, -0.2) is 22.9 Å². The van der Waals surface area contributed by atoms with E-state index in [1.54, 1.807) is 0 Å². The Balaban J connectivity index is 3.58. The van der Waals surface area contributed by atoms with Crippen LogP contribution in [0.5, 0.6) is 0 Å². The van der Waals surface area contributed by atoms with Crippen LogP contribution in [-0.2, 0) is 0 Å². The fourth-order valence-corrected chi connectivity index (χ4v) is 0.903. The van der Waals surface area contributed by atoms with Crippen molar-refractivity contribution < 1.29 is 5.11 Å². The molecule has 0 saturated heterocycles. The van der Waals surface area contributed by atoms with Crippen molar-refractivity contribution in [3.05, 3.63) is 0 Å². The lowest BCUT2D eigenvalue weighted by molar-refractivity contribution is 0.184. The molecule has 0 aromatic heterocycles. The van der Waals surface area contributed by atoms with Crippen molar-refractivity contribution in [2.24, 2.45) is 5.41 Å². The molecule has 0 radical (unpaired) electrons. The molecule has 50 valence electrons. The van der Waals surface area contributed by atoms with Gasteiger partial charge in [-0.15, -0.1) is 11.6 Å². The van der Waals surface area contributed by atoms with E-state index in [9.17, 15) is 0 Å². The first-order chi connectivity index (χ1) is 3.68. The van der Waals surface area contributed by atoms with Gasteiger partial charge in [0.1, 0.15) is 0 Å². The summed E-state index contributed by atoms with van der Waals surface area (Å²) in [4.78, 5) is 0. The van der Waals surface area contributed by atoms with Gasteiger partial charge in [0.05, 0.1) is 6.61 Å². The number of alkyl halides is 2. The first-order valence-electron chi connectivity index (χ1n) is 2.41. The quantitative estimate of drug-likeness (QED) is 0.688. The Morgan fingerprint density at radius 2 is 2.25 bits per heavy atom. The van der Waals surface area contributed by atoms with E-state index in [0.717, 1.165) is 5.33 Å². The molecule has 0 bridgehead atoms. The zero-order valence-corrected chi connectivity index (χ0v) is 7.17. The molecule has 0 rings (SSSR count). The number of rotatable bonds is 3. The van der Waals surface area contributed by atoms with E-state index in [0.29, 0.717) is 5.88 Å². The predicted octanol–water partition coefficient (Wildman–Crippen LogP) is 1.62. The summed E-state index contributed by atoms with van der Waals surface area (Å²) in [6, 6.07) is 0. The van der Waals surface area contributed by atoms with Crippen molar-refractivity contribution in [2.75, 3.05) is 17.8 Å². The lowest BCUT2D eigenvalue weighted by Gasteiger charge is -2.19. The van der Waals surface area contributed by atoms with Crippen LogP contribution in [0.25, 0.3) is 0 Å². The first-order valence-corrected chi connectivity index (χ1v) is 4.07. The molecule has 8 heavy (non-hydrogen) atoms. The fourth-order valence-electron chi connectivity index (χ4n) is 0.120. The molecule has 0 spiro atoms. The Bertz CT molecular complexity index is 55.2. The second kappa shape index (κ2) is 3.70. The third-order valence-electron chi connectivity index (χ3n) is 1.03. The standard InChI is InChI=1S/C5H10BrClO/c1-5(2-6,3-7)4-8/h8H,2-4H2,1H3/t5-/m0/s1. The number of hydrogen-bond acceptors (Lipinski definition) is 1. The van der Waals surface area contributed by atoms with Crippen LogP contribution in [0.15, 0.2) is 0 Å². The molecule has 1 atom stereocenters. The van der Waals surface area contributed by atoms with Crippen LogP contribution in [0.3, 0.4) is 0 Å². The van der Waals surface area contributed by atoms with Gasteiger partial charge in [-0.2, -0.15) is 0 Å². The SMILES string of the molecule is C[C@@](CO)(CCl)CBr. The van der Waals surface area contributed by atoms with Gasteiger partial charge in [0.25, 0.3) is 0 Å². The largest absolute Gasteiger partial charge is 0.396 e. The average molecular weight is 201 g/mol. The Hall–Kier alpha value is 0.730. The maximum absolute atomic E-state index is 8.67. The smallest absolute Gasteiger partial charge is 0.0504 e. The van der Waals surface area contributed by atoms with Gasteiger partial charge in [-0.05, 0) is 0 Å². The van der Waals surface area contributed by atoms with Crippen molar-refractivity contribution >= 4 is 27.5 Å². The van der Waals surface area contributed by atoms with Crippen LogP contribution in [0.4, 0.5) is 0 Å². The van der Waals surface area contributed by atoms with Crippen LogP contribution in [0, 0.1) is 5.41 Å². The van der Waals surface area contributed by atoms with E-state index in [-0.39, 0.29) is 12.0 Å². The van der Waals surface area contributed by atoms with Gasteiger partial charge in [-0.1, -0.05) is 22.9 Å². The molecule has 0 aliphatic heterocycles. The summed E-state index contributed by atoms with van der Waals surface area (Å²) in [6.45, 7) is 2.07.